The maximum absolute atomic E-state index is 10.3. The molecule has 1 aromatic carbocycles. The van der Waals surface area contributed by atoms with Crippen molar-refractivity contribution in [3.63, 3.8) is 0 Å². The summed E-state index contributed by atoms with van der Waals surface area (Å²) >= 11 is 0. The molecule has 0 amide bonds. The van der Waals surface area contributed by atoms with Gasteiger partial charge in [0.1, 0.15) is 5.75 Å². The van der Waals surface area contributed by atoms with Crippen LogP contribution in [0.25, 0.3) is 0 Å². The lowest BCUT2D eigenvalue weighted by molar-refractivity contribution is 0.0420. The molecule has 146 valence electrons. The Kier molecular flexibility index (Phi) is 9.23. The largest absolute Gasteiger partial charge is 0.497 e. The Hall–Kier alpha value is -1.83. The minimum Gasteiger partial charge on any atom is -0.497 e. The van der Waals surface area contributed by atoms with Gasteiger partial charge >= 0.3 is 0 Å². The van der Waals surface area contributed by atoms with Gasteiger partial charge in [0.05, 0.1) is 32.5 Å². The Balaban J connectivity index is 1.71. The molecule has 1 saturated heterocycles. The summed E-state index contributed by atoms with van der Waals surface area (Å²) in [6.45, 7) is 6.04. The molecule has 2 unspecified atom stereocenters. The highest BCUT2D eigenvalue weighted by molar-refractivity contribution is 5.79. The van der Waals surface area contributed by atoms with Crippen molar-refractivity contribution in [3.8, 4) is 5.75 Å². The number of aliphatic imine (C=N–C) groups is 1. The topological polar surface area (TPSA) is 84.3 Å². The number of ether oxygens (including phenoxy) is 3. The molecule has 1 aliphatic heterocycles. The molecule has 1 heterocycles. The number of rotatable bonds is 10. The summed E-state index contributed by atoms with van der Waals surface area (Å²) in [5.74, 6) is 1.47. The molecule has 2 atom stereocenters. The van der Waals surface area contributed by atoms with Gasteiger partial charge in [-0.05, 0) is 37.5 Å². The molecule has 7 heteroatoms. The molecule has 1 aromatic rings. The molecule has 1 aliphatic rings. The van der Waals surface area contributed by atoms with Crippen molar-refractivity contribution in [2.75, 3.05) is 46.6 Å². The van der Waals surface area contributed by atoms with Gasteiger partial charge in [0.15, 0.2) is 5.96 Å². The van der Waals surface area contributed by atoms with Crippen LogP contribution in [-0.2, 0) is 9.47 Å². The van der Waals surface area contributed by atoms with Crippen molar-refractivity contribution in [2.45, 2.75) is 32.0 Å². The number of nitrogens with zero attached hydrogens (tertiary/aromatic N) is 1. The SMILES string of the molecule is CCNC(=NCC(O)c1ccc(OC)cc1)NCCCOC1CCOC1. The third-order valence-corrected chi connectivity index (χ3v) is 4.12. The second kappa shape index (κ2) is 11.7. The zero-order chi connectivity index (χ0) is 18.6. The van der Waals surface area contributed by atoms with E-state index in [0.717, 1.165) is 43.9 Å². The Bertz CT molecular complexity index is 530. The number of aliphatic hydroxyl groups is 1. The first-order chi connectivity index (χ1) is 12.7. The van der Waals surface area contributed by atoms with Crippen LogP contribution in [0.4, 0.5) is 0 Å². The van der Waals surface area contributed by atoms with E-state index in [0.29, 0.717) is 19.2 Å². The molecular formula is C19H31N3O4. The van der Waals surface area contributed by atoms with E-state index in [1.807, 2.05) is 31.2 Å². The Morgan fingerprint density at radius 1 is 1.35 bits per heavy atom. The van der Waals surface area contributed by atoms with E-state index in [1.54, 1.807) is 7.11 Å². The first-order valence-corrected chi connectivity index (χ1v) is 9.26. The summed E-state index contributed by atoms with van der Waals surface area (Å²) in [5.41, 5.74) is 0.817. The fraction of sp³-hybridized carbons (Fsp3) is 0.632. The number of methoxy groups -OCH3 is 1. The van der Waals surface area contributed by atoms with E-state index in [4.69, 9.17) is 14.2 Å². The number of aliphatic hydroxyl groups excluding tert-OH is 1. The second-order valence-corrected chi connectivity index (χ2v) is 6.15. The van der Waals surface area contributed by atoms with Crippen molar-refractivity contribution < 1.29 is 19.3 Å². The molecule has 0 saturated carbocycles. The van der Waals surface area contributed by atoms with Crippen LogP contribution in [0, 0.1) is 0 Å². The summed E-state index contributed by atoms with van der Waals surface area (Å²) < 4.78 is 16.2. The molecule has 0 aliphatic carbocycles. The van der Waals surface area contributed by atoms with Gasteiger partial charge in [0.25, 0.3) is 0 Å². The van der Waals surface area contributed by atoms with Crippen LogP contribution < -0.4 is 15.4 Å². The quantitative estimate of drug-likeness (QED) is 0.331. The van der Waals surface area contributed by atoms with Gasteiger partial charge in [-0.2, -0.15) is 0 Å². The van der Waals surface area contributed by atoms with Crippen LogP contribution in [0.5, 0.6) is 5.75 Å². The smallest absolute Gasteiger partial charge is 0.191 e. The number of nitrogens with one attached hydrogen (secondary N) is 2. The average molecular weight is 365 g/mol. The van der Waals surface area contributed by atoms with Crippen LogP contribution in [0.15, 0.2) is 29.3 Å². The summed E-state index contributed by atoms with van der Waals surface area (Å²) in [6.07, 6.45) is 1.47. The maximum atomic E-state index is 10.3. The van der Waals surface area contributed by atoms with Gasteiger partial charge in [0, 0.05) is 26.3 Å². The van der Waals surface area contributed by atoms with Crippen LogP contribution >= 0.6 is 0 Å². The number of guanidine groups is 1. The summed E-state index contributed by atoms with van der Waals surface area (Å²) in [5, 5.41) is 16.8. The van der Waals surface area contributed by atoms with Gasteiger partial charge in [-0.25, -0.2) is 0 Å². The zero-order valence-electron chi connectivity index (χ0n) is 15.7. The molecule has 0 spiro atoms. The van der Waals surface area contributed by atoms with Crippen LogP contribution in [-0.4, -0.2) is 63.7 Å². The molecule has 26 heavy (non-hydrogen) atoms. The maximum Gasteiger partial charge on any atom is 0.191 e. The second-order valence-electron chi connectivity index (χ2n) is 6.15. The minimum absolute atomic E-state index is 0.247. The molecule has 2 rings (SSSR count). The van der Waals surface area contributed by atoms with Crippen molar-refractivity contribution in [2.24, 2.45) is 4.99 Å². The Morgan fingerprint density at radius 2 is 2.15 bits per heavy atom. The van der Waals surface area contributed by atoms with E-state index in [-0.39, 0.29) is 12.6 Å². The highest BCUT2D eigenvalue weighted by atomic mass is 16.5. The lowest BCUT2D eigenvalue weighted by atomic mass is 10.1. The Labute approximate surface area is 155 Å². The third kappa shape index (κ3) is 7.19. The van der Waals surface area contributed by atoms with Gasteiger partial charge in [0.2, 0.25) is 0 Å². The van der Waals surface area contributed by atoms with Gasteiger partial charge in [-0.15, -0.1) is 0 Å². The Morgan fingerprint density at radius 3 is 2.81 bits per heavy atom. The predicted octanol–water partition coefficient (Wildman–Crippen LogP) is 1.48. The molecule has 1 fully saturated rings. The van der Waals surface area contributed by atoms with Crippen LogP contribution in [0.3, 0.4) is 0 Å². The standard InChI is InChI=1S/C19H31N3O4/c1-3-20-19(21-10-4-11-26-17-9-12-25-14-17)22-13-18(23)15-5-7-16(24-2)8-6-15/h5-8,17-18,23H,3-4,9-14H2,1-2H3,(H2,20,21,22). The number of hydrogen-bond acceptors (Lipinski definition) is 5. The minimum atomic E-state index is -0.651. The number of hydrogen-bond donors (Lipinski definition) is 3. The van der Waals surface area contributed by atoms with Crippen LogP contribution in [0.1, 0.15) is 31.4 Å². The first kappa shape index (κ1) is 20.5. The molecule has 0 radical (unpaired) electrons. The molecule has 0 aromatic heterocycles. The lowest BCUT2D eigenvalue weighted by Crippen LogP contribution is -2.38. The van der Waals surface area contributed by atoms with Crippen LogP contribution in [0.2, 0.25) is 0 Å². The summed E-state index contributed by atoms with van der Waals surface area (Å²) in [4.78, 5) is 4.46. The highest BCUT2D eigenvalue weighted by Gasteiger charge is 2.15. The van der Waals surface area contributed by atoms with E-state index in [2.05, 4.69) is 15.6 Å². The summed E-state index contributed by atoms with van der Waals surface area (Å²) in [6, 6.07) is 7.37. The van der Waals surface area contributed by atoms with Crippen molar-refractivity contribution in [1.82, 2.24) is 10.6 Å². The molecule has 7 nitrogen and oxygen atoms in total. The monoisotopic (exact) mass is 365 g/mol. The van der Waals surface area contributed by atoms with E-state index >= 15 is 0 Å². The van der Waals surface area contributed by atoms with Gasteiger partial charge in [-0.1, -0.05) is 12.1 Å². The number of benzene rings is 1. The van der Waals surface area contributed by atoms with Crippen molar-refractivity contribution >= 4 is 5.96 Å². The fourth-order valence-corrected chi connectivity index (χ4v) is 2.62. The first-order valence-electron chi connectivity index (χ1n) is 9.26. The average Bonchev–Trinajstić information content (AvgIpc) is 3.19. The van der Waals surface area contributed by atoms with Gasteiger partial charge in [-0.3, -0.25) is 4.99 Å². The molecule has 3 N–H and O–H groups in total. The van der Waals surface area contributed by atoms with E-state index in [9.17, 15) is 5.11 Å². The highest BCUT2D eigenvalue weighted by Crippen LogP contribution is 2.17. The molecular weight excluding hydrogens is 334 g/mol. The third-order valence-electron chi connectivity index (χ3n) is 4.12. The lowest BCUT2D eigenvalue weighted by Gasteiger charge is -2.14. The summed E-state index contributed by atoms with van der Waals surface area (Å²) in [7, 11) is 1.62. The molecule has 0 bridgehead atoms. The normalized spacial score (nSPS) is 18.6. The van der Waals surface area contributed by atoms with Crippen molar-refractivity contribution in [3.05, 3.63) is 29.8 Å². The fourth-order valence-electron chi connectivity index (χ4n) is 2.62. The predicted molar refractivity (Wildman–Crippen MR) is 102 cm³/mol. The van der Waals surface area contributed by atoms with E-state index < -0.39 is 6.10 Å². The van der Waals surface area contributed by atoms with Gasteiger partial charge < -0.3 is 30.0 Å². The van der Waals surface area contributed by atoms with E-state index in [1.165, 1.54) is 0 Å². The van der Waals surface area contributed by atoms with Crippen molar-refractivity contribution in [1.29, 1.82) is 0 Å². The zero-order valence-corrected chi connectivity index (χ0v) is 15.7.